The number of hydrogen-bond donors (Lipinski definition) is 0. The van der Waals surface area contributed by atoms with E-state index in [4.69, 9.17) is 4.74 Å². The summed E-state index contributed by atoms with van der Waals surface area (Å²) in [5, 5.41) is 0. The second-order valence-electron chi connectivity index (χ2n) is 18.2. The standard InChI is InChI=1S/C17H18O.C13H12O.C10H14.2C8H10.C7H8.C6H6.6C2H6/c1-11-5-7-15(9-13(11)3)17(18)16-8-6-12(2)14(4)10-16;1-11-7-9-13(10-8-11)14-12-5-3-2-4-6-12;1-7-5-9(3)10(4)6-8(7)2;2*1-7-5-3-4-6-8(7)2;1-7-5-3-2-4-6-7;1-2-4-6-5-3-1;6*1-2/h5-10H,1-4H3;2-10H,1H3;5-6H,1-4H3;2*3-6H,1-2H3;2-6H,1H3;1-6H;6*1-2H3. The van der Waals surface area contributed by atoms with Gasteiger partial charge in [-0.15, -0.1) is 0 Å². The first-order valence-corrected chi connectivity index (χ1v) is 30.5. The molecule has 0 aliphatic heterocycles. The molecule has 0 aliphatic rings. The molecule has 0 aromatic heterocycles. The van der Waals surface area contributed by atoms with Gasteiger partial charge in [-0.05, 0) is 200 Å². The second-order valence-corrected chi connectivity index (χ2v) is 18.2. The number of aryl methyl sites for hydroxylation is 14. The van der Waals surface area contributed by atoms with Gasteiger partial charge in [-0.1, -0.05) is 276 Å². The van der Waals surface area contributed by atoms with Gasteiger partial charge in [0.05, 0.1) is 0 Å². The lowest BCUT2D eigenvalue weighted by Crippen LogP contribution is -2.03. The average molecular weight is 1120 g/mol. The van der Waals surface area contributed by atoms with Crippen LogP contribution in [0.1, 0.15) is 177 Å². The molecule has 83 heavy (non-hydrogen) atoms. The smallest absolute Gasteiger partial charge is 0.193 e. The van der Waals surface area contributed by atoms with Crippen molar-refractivity contribution in [3.63, 3.8) is 0 Å². The number of benzene rings is 9. The number of hydrogen-bond acceptors (Lipinski definition) is 2. The fraction of sp³-hybridized carbons (Fsp3) is 0.321. The molecule has 0 bridgehead atoms. The molecule has 2 heteroatoms. The number of carbonyl (C=O) groups excluding carboxylic acids is 1. The monoisotopic (exact) mass is 1120 g/mol. The van der Waals surface area contributed by atoms with Gasteiger partial charge in [0.1, 0.15) is 11.5 Å². The van der Waals surface area contributed by atoms with Crippen LogP contribution >= 0.6 is 0 Å². The molecule has 0 amide bonds. The molecule has 0 aliphatic carbocycles. The Kier molecular flexibility index (Phi) is 53.0. The van der Waals surface area contributed by atoms with Gasteiger partial charge in [0.15, 0.2) is 5.78 Å². The lowest BCUT2D eigenvalue weighted by molar-refractivity contribution is 0.103. The first-order valence-electron chi connectivity index (χ1n) is 30.5. The van der Waals surface area contributed by atoms with Crippen molar-refractivity contribution in [1.82, 2.24) is 0 Å². The van der Waals surface area contributed by atoms with Crippen molar-refractivity contribution in [2.24, 2.45) is 0 Å². The van der Waals surface area contributed by atoms with E-state index in [1.54, 1.807) is 0 Å². The van der Waals surface area contributed by atoms with Gasteiger partial charge in [-0.3, -0.25) is 4.79 Å². The van der Waals surface area contributed by atoms with Crippen molar-refractivity contribution in [2.45, 2.75) is 180 Å². The molecule has 0 heterocycles. The van der Waals surface area contributed by atoms with Crippen molar-refractivity contribution in [1.29, 1.82) is 0 Å². The van der Waals surface area contributed by atoms with Crippen LogP contribution in [0.5, 0.6) is 11.5 Å². The summed E-state index contributed by atoms with van der Waals surface area (Å²) in [6.45, 7) is 53.4. The number of para-hydroxylation sites is 1. The lowest BCUT2D eigenvalue weighted by Gasteiger charge is -2.07. The van der Waals surface area contributed by atoms with Crippen LogP contribution in [0.3, 0.4) is 0 Å². The molecule has 0 saturated carbocycles. The topological polar surface area (TPSA) is 26.3 Å². The highest BCUT2D eigenvalue weighted by atomic mass is 16.5. The Bertz CT molecular complexity index is 2700. The van der Waals surface area contributed by atoms with Gasteiger partial charge in [-0.2, -0.15) is 0 Å². The summed E-state index contributed by atoms with van der Waals surface area (Å²) in [5.41, 5.74) is 19.9. The minimum atomic E-state index is 0.0983. The Labute approximate surface area is 511 Å². The summed E-state index contributed by atoms with van der Waals surface area (Å²) in [5.74, 6) is 1.85. The second kappa shape index (κ2) is 53.7. The van der Waals surface area contributed by atoms with E-state index in [1.807, 2.05) is 243 Å². The maximum atomic E-state index is 12.4. The quantitative estimate of drug-likeness (QED) is 0.164. The van der Waals surface area contributed by atoms with Crippen molar-refractivity contribution in [3.8, 4) is 11.5 Å². The normalized spacial score (nSPS) is 8.65. The molecule has 9 aromatic rings. The summed E-state index contributed by atoms with van der Waals surface area (Å²) >= 11 is 0. The van der Waals surface area contributed by atoms with E-state index in [0.29, 0.717) is 0 Å². The van der Waals surface area contributed by atoms with Crippen LogP contribution in [0.25, 0.3) is 0 Å². The highest BCUT2D eigenvalue weighted by Crippen LogP contribution is 2.21. The third-order valence-corrected chi connectivity index (χ3v) is 12.1. The summed E-state index contributed by atoms with van der Waals surface area (Å²) in [7, 11) is 0. The molecular formula is C81H114O2. The van der Waals surface area contributed by atoms with E-state index in [1.165, 1.54) is 66.8 Å². The maximum absolute atomic E-state index is 12.4. The van der Waals surface area contributed by atoms with Crippen LogP contribution in [0.2, 0.25) is 0 Å². The number of carbonyl (C=O) groups is 1. The molecule has 0 fully saturated rings. The van der Waals surface area contributed by atoms with Crippen LogP contribution in [0.4, 0.5) is 0 Å². The fourth-order valence-corrected chi connectivity index (χ4v) is 6.51. The van der Waals surface area contributed by atoms with Crippen molar-refractivity contribution in [2.75, 3.05) is 0 Å². The van der Waals surface area contributed by atoms with E-state index in [0.717, 1.165) is 33.8 Å². The van der Waals surface area contributed by atoms with Crippen LogP contribution < -0.4 is 4.74 Å². The molecule has 0 N–H and O–H groups in total. The zero-order valence-electron chi connectivity index (χ0n) is 57.1. The first kappa shape index (κ1) is 81.9. The number of ketones is 1. The highest BCUT2D eigenvalue weighted by Gasteiger charge is 2.10. The molecular weight excluding hydrogens is 1000 g/mol. The zero-order chi connectivity index (χ0) is 64.1. The van der Waals surface area contributed by atoms with Gasteiger partial charge < -0.3 is 4.74 Å². The summed E-state index contributed by atoms with van der Waals surface area (Å²) < 4.78 is 5.63. The van der Waals surface area contributed by atoms with Crippen molar-refractivity contribution in [3.05, 3.63) is 307 Å². The summed E-state index contributed by atoms with van der Waals surface area (Å²) in [6, 6.07) is 73.0. The minimum Gasteiger partial charge on any atom is -0.457 e. The van der Waals surface area contributed by atoms with Crippen LogP contribution in [0.15, 0.2) is 218 Å². The van der Waals surface area contributed by atoms with Crippen LogP contribution in [0, 0.1) is 96.9 Å². The van der Waals surface area contributed by atoms with Gasteiger partial charge in [-0.25, -0.2) is 0 Å². The Morgan fingerprint density at radius 3 is 0.687 bits per heavy atom. The Morgan fingerprint density at radius 1 is 0.217 bits per heavy atom. The summed E-state index contributed by atoms with van der Waals surface area (Å²) in [4.78, 5) is 12.4. The van der Waals surface area contributed by atoms with E-state index in [9.17, 15) is 4.79 Å². The van der Waals surface area contributed by atoms with Gasteiger partial charge in [0, 0.05) is 11.1 Å². The molecule has 0 saturated heterocycles. The molecule has 0 radical (unpaired) electrons. The van der Waals surface area contributed by atoms with Crippen LogP contribution in [-0.2, 0) is 0 Å². The average Bonchev–Trinajstić information content (AvgIpc) is 3.59. The molecule has 2 nitrogen and oxygen atoms in total. The molecule has 0 unspecified atom stereocenters. The predicted molar refractivity (Wildman–Crippen MR) is 376 cm³/mol. The fourth-order valence-electron chi connectivity index (χ4n) is 6.51. The molecule has 0 atom stereocenters. The zero-order valence-corrected chi connectivity index (χ0v) is 57.1. The first-order chi connectivity index (χ1) is 39.9. The molecule has 0 spiro atoms. The Balaban J connectivity index is -0.000000436. The highest BCUT2D eigenvalue weighted by molar-refractivity contribution is 6.09. The van der Waals surface area contributed by atoms with E-state index < -0.39 is 0 Å². The largest absolute Gasteiger partial charge is 0.457 e. The molecule has 9 rings (SSSR count). The molecule has 9 aromatic carbocycles. The Hall–Kier alpha value is -7.55. The maximum Gasteiger partial charge on any atom is 0.193 e. The minimum absolute atomic E-state index is 0.0983. The van der Waals surface area contributed by atoms with Gasteiger partial charge in [0.2, 0.25) is 0 Å². The molecule has 450 valence electrons. The summed E-state index contributed by atoms with van der Waals surface area (Å²) in [6.07, 6.45) is 0. The number of rotatable bonds is 4. The number of ether oxygens (including phenoxy) is 1. The van der Waals surface area contributed by atoms with E-state index in [-0.39, 0.29) is 5.78 Å². The van der Waals surface area contributed by atoms with Crippen molar-refractivity contribution < 1.29 is 9.53 Å². The Morgan fingerprint density at radius 2 is 0.434 bits per heavy atom. The lowest BCUT2D eigenvalue weighted by atomic mass is 9.97. The van der Waals surface area contributed by atoms with E-state index in [2.05, 4.69) is 156 Å². The van der Waals surface area contributed by atoms with Crippen LogP contribution in [-0.4, -0.2) is 5.78 Å². The predicted octanol–water partition coefficient (Wildman–Crippen LogP) is 25.3. The van der Waals surface area contributed by atoms with E-state index >= 15 is 0 Å². The third-order valence-electron chi connectivity index (χ3n) is 12.1. The van der Waals surface area contributed by atoms with Gasteiger partial charge in [0.25, 0.3) is 0 Å². The SMILES string of the molecule is CC.CC.CC.CC.CC.CC.Cc1cc(C)c(C)cc1C.Cc1ccc(C(=O)c2ccc(C)c(C)c2)cc1C.Cc1ccc(Oc2ccccc2)cc1.Cc1ccccc1.Cc1ccccc1C.Cc1ccccc1C.c1ccccc1. The van der Waals surface area contributed by atoms with Gasteiger partial charge >= 0.3 is 0 Å². The van der Waals surface area contributed by atoms with Crippen molar-refractivity contribution >= 4 is 5.78 Å². The third kappa shape index (κ3) is 38.7.